The molecule has 0 saturated heterocycles. The number of rotatable bonds is 10. The van der Waals surface area contributed by atoms with E-state index in [-0.39, 0.29) is 5.91 Å². The van der Waals surface area contributed by atoms with Gasteiger partial charge in [-0.1, -0.05) is 56.4 Å². The minimum Gasteiger partial charge on any atom is -0.496 e. The van der Waals surface area contributed by atoms with E-state index in [1.165, 1.54) is 57.6 Å². The predicted octanol–water partition coefficient (Wildman–Crippen LogP) is 5.81. The van der Waals surface area contributed by atoms with Gasteiger partial charge in [-0.3, -0.25) is 9.59 Å². The van der Waals surface area contributed by atoms with Crippen LogP contribution in [-0.4, -0.2) is 25.9 Å². The molecular weight excluding hydrogens is 402 g/mol. The summed E-state index contributed by atoms with van der Waals surface area (Å²) in [6.07, 6.45) is 11.2. The number of benzene rings is 2. The van der Waals surface area contributed by atoms with Crippen LogP contribution in [0.3, 0.4) is 0 Å². The Hall–Kier alpha value is -2.82. The van der Waals surface area contributed by atoms with Crippen molar-refractivity contribution in [2.75, 3.05) is 13.7 Å². The molecule has 0 atom stereocenters. The van der Waals surface area contributed by atoms with Crippen LogP contribution in [0.2, 0.25) is 0 Å². The Labute approximate surface area is 191 Å². The fourth-order valence-corrected chi connectivity index (χ4v) is 4.29. The van der Waals surface area contributed by atoms with Gasteiger partial charge in [-0.05, 0) is 48.4 Å². The van der Waals surface area contributed by atoms with Gasteiger partial charge in [0, 0.05) is 19.0 Å². The molecule has 0 unspecified atom stereocenters. The van der Waals surface area contributed by atoms with Crippen molar-refractivity contribution in [2.45, 2.75) is 70.3 Å². The summed E-state index contributed by atoms with van der Waals surface area (Å²) in [5.74, 6) is 1.81. The first-order valence-corrected chi connectivity index (χ1v) is 11.8. The van der Waals surface area contributed by atoms with Crippen molar-refractivity contribution in [3.05, 3.63) is 59.2 Å². The fraction of sp³-hybridized carbons (Fsp3) is 0.481. The Balaban J connectivity index is 1.36. The van der Waals surface area contributed by atoms with Gasteiger partial charge in [-0.2, -0.15) is 0 Å². The summed E-state index contributed by atoms with van der Waals surface area (Å²) in [4.78, 5) is 23.1. The molecule has 2 aromatic carbocycles. The lowest BCUT2D eigenvalue weighted by molar-refractivity contribution is -0.121. The Kier molecular flexibility index (Phi) is 9.60. The topological polar surface area (TPSA) is 64.6 Å². The zero-order chi connectivity index (χ0) is 22.6. The van der Waals surface area contributed by atoms with Crippen molar-refractivity contribution < 1.29 is 19.1 Å². The van der Waals surface area contributed by atoms with Crippen molar-refractivity contribution in [1.29, 1.82) is 0 Å². The number of methoxy groups -OCH3 is 1. The summed E-state index contributed by atoms with van der Waals surface area (Å²) in [7, 11) is 1.52. The van der Waals surface area contributed by atoms with E-state index in [0.29, 0.717) is 49.0 Å². The minimum atomic E-state index is 0.0200. The molecule has 172 valence electrons. The number of amides is 1. The summed E-state index contributed by atoms with van der Waals surface area (Å²) in [5, 5.41) is 2.99. The average Bonchev–Trinajstić information content (AvgIpc) is 2.80. The van der Waals surface area contributed by atoms with Gasteiger partial charge >= 0.3 is 0 Å². The van der Waals surface area contributed by atoms with Crippen molar-refractivity contribution in [2.24, 2.45) is 0 Å². The summed E-state index contributed by atoms with van der Waals surface area (Å²) in [6, 6.07) is 13.9. The SMILES string of the molecule is COc1cc(OCCCC(=O)NCc2ccc(C3CCCCCCC3)cc2)ccc1C=O. The molecule has 0 aliphatic heterocycles. The second-order valence-electron chi connectivity index (χ2n) is 8.53. The van der Waals surface area contributed by atoms with E-state index in [2.05, 4.69) is 29.6 Å². The Morgan fingerprint density at radius 3 is 2.44 bits per heavy atom. The van der Waals surface area contributed by atoms with E-state index in [9.17, 15) is 9.59 Å². The number of hydrogen-bond acceptors (Lipinski definition) is 4. The molecule has 1 N–H and O–H groups in total. The molecule has 5 heteroatoms. The van der Waals surface area contributed by atoms with Gasteiger partial charge in [0.2, 0.25) is 5.91 Å². The van der Waals surface area contributed by atoms with Crippen LogP contribution in [0.25, 0.3) is 0 Å². The standard InChI is InChI=1S/C27H35NO4/c1-31-26-18-25(16-15-24(26)20-29)32-17-7-10-27(30)28-19-21-11-13-23(14-12-21)22-8-5-3-2-4-6-9-22/h11-16,18,20,22H,2-10,17,19H2,1H3,(H,28,30). The maximum atomic E-state index is 12.2. The molecule has 3 rings (SSSR count). The quantitative estimate of drug-likeness (QED) is 0.376. The minimum absolute atomic E-state index is 0.0200. The highest BCUT2D eigenvalue weighted by molar-refractivity contribution is 5.79. The van der Waals surface area contributed by atoms with Crippen LogP contribution in [0, 0.1) is 0 Å². The molecule has 1 saturated carbocycles. The number of carbonyl (C=O) groups excluding carboxylic acids is 2. The van der Waals surface area contributed by atoms with Crippen molar-refractivity contribution in [3.8, 4) is 11.5 Å². The van der Waals surface area contributed by atoms with E-state index >= 15 is 0 Å². The van der Waals surface area contributed by atoms with Crippen molar-refractivity contribution in [1.82, 2.24) is 5.32 Å². The van der Waals surface area contributed by atoms with E-state index in [1.807, 2.05) is 0 Å². The molecule has 2 aromatic rings. The first-order valence-electron chi connectivity index (χ1n) is 11.8. The molecule has 1 amide bonds. The second kappa shape index (κ2) is 12.9. The Morgan fingerprint density at radius 2 is 1.75 bits per heavy atom. The van der Waals surface area contributed by atoms with Crippen LogP contribution in [0.5, 0.6) is 11.5 Å². The van der Waals surface area contributed by atoms with Crippen LogP contribution in [0.15, 0.2) is 42.5 Å². The normalized spacial score (nSPS) is 14.8. The van der Waals surface area contributed by atoms with Gasteiger partial charge in [0.15, 0.2) is 6.29 Å². The third-order valence-electron chi connectivity index (χ3n) is 6.19. The Bertz CT molecular complexity index is 854. The zero-order valence-corrected chi connectivity index (χ0v) is 19.1. The van der Waals surface area contributed by atoms with Gasteiger partial charge in [-0.25, -0.2) is 0 Å². The summed E-state index contributed by atoms with van der Waals surface area (Å²) < 4.78 is 10.8. The number of carbonyl (C=O) groups is 2. The molecular formula is C27H35NO4. The van der Waals surface area contributed by atoms with Gasteiger partial charge in [0.05, 0.1) is 19.3 Å². The number of ether oxygens (including phenoxy) is 2. The van der Waals surface area contributed by atoms with Gasteiger partial charge < -0.3 is 14.8 Å². The van der Waals surface area contributed by atoms with Gasteiger partial charge in [0.25, 0.3) is 0 Å². The largest absolute Gasteiger partial charge is 0.496 e. The molecule has 1 fully saturated rings. The maximum Gasteiger partial charge on any atom is 0.220 e. The van der Waals surface area contributed by atoms with Crippen LogP contribution in [-0.2, 0) is 11.3 Å². The van der Waals surface area contributed by atoms with E-state index < -0.39 is 0 Å². The average molecular weight is 438 g/mol. The first kappa shape index (κ1) is 23.8. The number of hydrogen-bond donors (Lipinski definition) is 1. The summed E-state index contributed by atoms with van der Waals surface area (Å²) >= 11 is 0. The van der Waals surface area contributed by atoms with Gasteiger partial charge in [0.1, 0.15) is 11.5 Å². The third kappa shape index (κ3) is 7.40. The summed E-state index contributed by atoms with van der Waals surface area (Å²) in [5.41, 5.74) is 3.06. The molecule has 0 bridgehead atoms. The van der Waals surface area contributed by atoms with Crippen LogP contribution >= 0.6 is 0 Å². The molecule has 1 aliphatic carbocycles. The fourth-order valence-electron chi connectivity index (χ4n) is 4.29. The smallest absolute Gasteiger partial charge is 0.220 e. The lowest BCUT2D eigenvalue weighted by atomic mass is 9.86. The molecule has 1 aliphatic rings. The highest BCUT2D eigenvalue weighted by Crippen LogP contribution is 2.31. The van der Waals surface area contributed by atoms with Crippen molar-refractivity contribution >= 4 is 12.2 Å². The zero-order valence-electron chi connectivity index (χ0n) is 19.1. The van der Waals surface area contributed by atoms with Crippen LogP contribution < -0.4 is 14.8 Å². The molecule has 0 radical (unpaired) electrons. The molecule has 5 nitrogen and oxygen atoms in total. The lowest BCUT2D eigenvalue weighted by Crippen LogP contribution is -2.23. The van der Waals surface area contributed by atoms with E-state index in [4.69, 9.17) is 9.47 Å². The second-order valence-corrected chi connectivity index (χ2v) is 8.53. The predicted molar refractivity (Wildman–Crippen MR) is 126 cm³/mol. The lowest BCUT2D eigenvalue weighted by Gasteiger charge is -2.20. The maximum absolute atomic E-state index is 12.2. The molecule has 0 aromatic heterocycles. The van der Waals surface area contributed by atoms with E-state index in [0.717, 1.165) is 11.8 Å². The van der Waals surface area contributed by atoms with Crippen molar-refractivity contribution in [3.63, 3.8) is 0 Å². The monoisotopic (exact) mass is 437 g/mol. The summed E-state index contributed by atoms with van der Waals surface area (Å²) in [6.45, 7) is 0.974. The van der Waals surface area contributed by atoms with Crippen LogP contribution in [0.4, 0.5) is 0 Å². The number of nitrogens with one attached hydrogen (secondary N) is 1. The van der Waals surface area contributed by atoms with Crippen LogP contribution in [0.1, 0.15) is 85.2 Å². The highest BCUT2D eigenvalue weighted by Gasteiger charge is 2.13. The Morgan fingerprint density at radius 1 is 1.03 bits per heavy atom. The third-order valence-corrected chi connectivity index (χ3v) is 6.19. The molecule has 0 heterocycles. The first-order chi connectivity index (χ1) is 15.7. The van der Waals surface area contributed by atoms with E-state index in [1.54, 1.807) is 18.2 Å². The highest BCUT2D eigenvalue weighted by atomic mass is 16.5. The van der Waals surface area contributed by atoms with Gasteiger partial charge in [-0.15, -0.1) is 0 Å². The molecule has 32 heavy (non-hydrogen) atoms. The number of aldehydes is 1. The molecule has 0 spiro atoms.